The second kappa shape index (κ2) is 6.97. The molecule has 1 aliphatic rings. The molecule has 0 atom stereocenters. The van der Waals surface area contributed by atoms with Crippen molar-refractivity contribution in [1.82, 2.24) is 4.90 Å². The maximum Gasteiger partial charge on any atom is 0.335 e. The number of nitrogens with one attached hydrogen (secondary N) is 1. The molecule has 0 saturated carbocycles. The van der Waals surface area contributed by atoms with Crippen LogP contribution in [0.4, 0.5) is 11.4 Å². The predicted molar refractivity (Wildman–Crippen MR) is 81.4 cm³/mol. The van der Waals surface area contributed by atoms with Crippen LogP contribution in [-0.2, 0) is 4.79 Å². The predicted octanol–water partition coefficient (Wildman–Crippen LogP) is 1.78. The van der Waals surface area contributed by atoms with Crippen molar-refractivity contribution in [3.05, 3.63) is 23.8 Å². The molecule has 1 aromatic carbocycles. The zero-order valence-corrected chi connectivity index (χ0v) is 12.0. The van der Waals surface area contributed by atoms with Crippen LogP contribution in [-0.4, -0.2) is 41.5 Å². The number of amides is 1. The van der Waals surface area contributed by atoms with Crippen LogP contribution in [0.2, 0.25) is 0 Å². The molecule has 0 aliphatic carbocycles. The number of likely N-dealkylation sites (tertiary alicyclic amines) is 1. The molecule has 1 amide bonds. The van der Waals surface area contributed by atoms with E-state index in [9.17, 15) is 9.59 Å². The van der Waals surface area contributed by atoms with E-state index in [0.29, 0.717) is 24.3 Å². The van der Waals surface area contributed by atoms with Gasteiger partial charge in [0, 0.05) is 26.1 Å². The van der Waals surface area contributed by atoms with Crippen LogP contribution >= 0.6 is 0 Å². The van der Waals surface area contributed by atoms with Crippen molar-refractivity contribution >= 4 is 23.3 Å². The van der Waals surface area contributed by atoms with Crippen LogP contribution in [0.1, 0.15) is 36.0 Å². The monoisotopic (exact) mass is 291 g/mol. The van der Waals surface area contributed by atoms with Gasteiger partial charge >= 0.3 is 5.97 Å². The topological polar surface area (TPSA) is 95.7 Å². The lowest BCUT2D eigenvalue weighted by atomic mass is 10.1. The summed E-state index contributed by atoms with van der Waals surface area (Å²) in [5, 5.41) is 12.0. The molecule has 1 aromatic rings. The fraction of sp³-hybridized carbons (Fsp3) is 0.467. The normalized spacial score (nSPS) is 14.8. The Morgan fingerprint density at radius 2 is 1.95 bits per heavy atom. The van der Waals surface area contributed by atoms with Crippen molar-refractivity contribution < 1.29 is 14.7 Å². The van der Waals surface area contributed by atoms with E-state index in [1.54, 1.807) is 6.07 Å². The van der Waals surface area contributed by atoms with Crippen LogP contribution in [0.15, 0.2) is 18.2 Å². The number of aromatic carboxylic acids is 1. The van der Waals surface area contributed by atoms with E-state index in [1.807, 2.05) is 4.90 Å². The van der Waals surface area contributed by atoms with E-state index in [-0.39, 0.29) is 11.5 Å². The number of rotatable bonds is 5. The number of carboxylic acid groups (broad SMARTS) is 1. The van der Waals surface area contributed by atoms with E-state index in [0.717, 1.165) is 25.9 Å². The summed E-state index contributed by atoms with van der Waals surface area (Å²) in [5.74, 6) is -0.863. The summed E-state index contributed by atoms with van der Waals surface area (Å²) in [6.07, 6.45) is 3.73. The number of hydrogen-bond acceptors (Lipinski definition) is 4. The molecular formula is C15H21N3O3. The van der Waals surface area contributed by atoms with Gasteiger partial charge in [-0.15, -0.1) is 0 Å². The third-order valence-electron chi connectivity index (χ3n) is 3.66. The molecule has 1 fully saturated rings. The number of nitrogen functional groups attached to an aromatic ring is 1. The summed E-state index contributed by atoms with van der Waals surface area (Å²) in [7, 11) is 0. The van der Waals surface area contributed by atoms with E-state index in [1.165, 1.54) is 18.6 Å². The first kappa shape index (κ1) is 15.2. The van der Waals surface area contributed by atoms with Gasteiger partial charge in [-0.1, -0.05) is 0 Å². The number of nitrogens with zero attached hydrogens (tertiary/aromatic N) is 1. The lowest BCUT2D eigenvalue weighted by Gasteiger charge is -2.26. The van der Waals surface area contributed by atoms with Crippen molar-refractivity contribution in [1.29, 1.82) is 0 Å². The lowest BCUT2D eigenvalue weighted by Crippen LogP contribution is -2.36. The first-order chi connectivity index (χ1) is 10.1. The van der Waals surface area contributed by atoms with E-state index >= 15 is 0 Å². The fourth-order valence-corrected chi connectivity index (χ4v) is 2.45. The largest absolute Gasteiger partial charge is 0.478 e. The molecule has 6 heteroatoms. The third-order valence-corrected chi connectivity index (χ3v) is 3.66. The van der Waals surface area contributed by atoms with Gasteiger partial charge in [0.1, 0.15) is 0 Å². The Morgan fingerprint density at radius 3 is 2.62 bits per heavy atom. The molecule has 4 N–H and O–H groups in total. The molecule has 0 radical (unpaired) electrons. The van der Waals surface area contributed by atoms with Crippen LogP contribution in [0, 0.1) is 0 Å². The van der Waals surface area contributed by atoms with Crippen LogP contribution in [0.3, 0.4) is 0 Å². The first-order valence-electron chi connectivity index (χ1n) is 7.22. The molecule has 21 heavy (non-hydrogen) atoms. The van der Waals surface area contributed by atoms with Gasteiger partial charge in [0.15, 0.2) is 0 Å². The Morgan fingerprint density at radius 1 is 1.24 bits per heavy atom. The van der Waals surface area contributed by atoms with Crippen LogP contribution < -0.4 is 11.1 Å². The second-order valence-corrected chi connectivity index (χ2v) is 5.23. The van der Waals surface area contributed by atoms with E-state index < -0.39 is 5.97 Å². The minimum atomic E-state index is -0.998. The number of piperidine rings is 1. The molecule has 0 bridgehead atoms. The van der Waals surface area contributed by atoms with Gasteiger partial charge in [-0.05, 0) is 37.5 Å². The van der Waals surface area contributed by atoms with Crippen molar-refractivity contribution in [2.45, 2.75) is 25.7 Å². The maximum atomic E-state index is 12.0. The highest BCUT2D eigenvalue weighted by Crippen LogP contribution is 2.20. The van der Waals surface area contributed by atoms with Crippen molar-refractivity contribution in [3.8, 4) is 0 Å². The number of carbonyl (C=O) groups is 2. The molecule has 114 valence electrons. The Labute approximate surface area is 123 Å². The summed E-state index contributed by atoms with van der Waals surface area (Å²) in [5.41, 5.74) is 7.01. The highest BCUT2D eigenvalue weighted by Gasteiger charge is 2.16. The van der Waals surface area contributed by atoms with Gasteiger partial charge in [0.2, 0.25) is 5.91 Å². The van der Waals surface area contributed by atoms with Gasteiger partial charge < -0.3 is 21.1 Å². The van der Waals surface area contributed by atoms with E-state index in [4.69, 9.17) is 10.8 Å². The lowest BCUT2D eigenvalue weighted by molar-refractivity contribution is -0.131. The summed E-state index contributed by atoms with van der Waals surface area (Å²) in [6, 6.07) is 4.50. The standard InChI is InChI=1S/C15H21N3O3/c16-12-5-4-11(15(20)21)10-13(12)17-7-6-14(19)18-8-2-1-3-9-18/h4-5,10,17H,1-3,6-9,16H2,(H,20,21). The molecule has 1 aliphatic heterocycles. The summed E-state index contributed by atoms with van der Waals surface area (Å²) in [4.78, 5) is 24.8. The SMILES string of the molecule is Nc1ccc(C(=O)O)cc1NCCC(=O)N1CCCCC1. The van der Waals surface area contributed by atoms with Gasteiger partial charge in [0.05, 0.1) is 16.9 Å². The van der Waals surface area contributed by atoms with Crippen LogP contribution in [0.5, 0.6) is 0 Å². The zero-order valence-electron chi connectivity index (χ0n) is 12.0. The smallest absolute Gasteiger partial charge is 0.335 e. The quantitative estimate of drug-likeness (QED) is 0.719. The molecular weight excluding hydrogens is 270 g/mol. The fourth-order valence-electron chi connectivity index (χ4n) is 2.45. The molecule has 0 spiro atoms. The third kappa shape index (κ3) is 4.11. The zero-order chi connectivity index (χ0) is 15.2. The molecule has 0 aromatic heterocycles. The molecule has 1 heterocycles. The number of nitrogens with two attached hydrogens (primary N) is 1. The highest BCUT2D eigenvalue weighted by molar-refractivity contribution is 5.90. The Kier molecular flexibility index (Phi) is 5.03. The molecule has 1 saturated heterocycles. The van der Waals surface area contributed by atoms with Crippen LogP contribution in [0.25, 0.3) is 0 Å². The van der Waals surface area contributed by atoms with Gasteiger partial charge in [-0.2, -0.15) is 0 Å². The van der Waals surface area contributed by atoms with Gasteiger partial charge in [0.25, 0.3) is 0 Å². The van der Waals surface area contributed by atoms with Gasteiger partial charge in [-0.25, -0.2) is 4.79 Å². The maximum absolute atomic E-state index is 12.0. The van der Waals surface area contributed by atoms with E-state index in [2.05, 4.69) is 5.32 Å². The average Bonchev–Trinajstić information content (AvgIpc) is 2.49. The molecule has 0 unspecified atom stereocenters. The Bertz CT molecular complexity index is 525. The minimum absolute atomic E-state index is 0.134. The Hall–Kier alpha value is -2.24. The summed E-state index contributed by atoms with van der Waals surface area (Å²) < 4.78 is 0. The van der Waals surface area contributed by atoms with Crippen molar-refractivity contribution in [2.24, 2.45) is 0 Å². The number of carbonyl (C=O) groups excluding carboxylic acids is 1. The number of carboxylic acids is 1. The van der Waals surface area contributed by atoms with Crippen molar-refractivity contribution in [2.75, 3.05) is 30.7 Å². The van der Waals surface area contributed by atoms with Gasteiger partial charge in [-0.3, -0.25) is 4.79 Å². The Balaban J connectivity index is 1.86. The minimum Gasteiger partial charge on any atom is -0.478 e. The van der Waals surface area contributed by atoms with Crippen molar-refractivity contribution in [3.63, 3.8) is 0 Å². The number of hydrogen-bond donors (Lipinski definition) is 3. The number of benzene rings is 1. The average molecular weight is 291 g/mol. The molecule has 2 rings (SSSR count). The summed E-state index contributed by atoms with van der Waals surface area (Å²) >= 11 is 0. The highest BCUT2D eigenvalue weighted by atomic mass is 16.4. The second-order valence-electron chi connectivity index (χ2n) is 5.23. The first-order valence-corrected chi connectivity index (χ1v) is 7.22. The molecule has 6 nitrogen and oxygen atoms in total. The summed E-state index contributed by atoms with van der Waals surface area (Å²) in [6.45, 7) is 2.13. The number of anilines is 2.